The number of hydrogen-bond donors (Lipinski definition) is 1. The van der Waals surface area contributed by atoms with Crippen molar-refractivity contribution in [3.63, 3.8) is 0 Å². The maximum absolute atomic E-state index is 17.7. The highest BCUT2D eigenvalue weighted by atomic mass is 35.5. The van der Waals surface area contributed by atoms with Crippen LogP contribution >= 0.6 is 23.4 Å². The smallest absolute Gasteiger partial charge is 0.305 e. The van der Waals surface area contributed by atoms with Crippen molar-refractivity contribution in [1.29, 1.82) is 0 Å². The lowest BCUT2D eigenvalue weighted by atomic mass is 9.45. The minimum atomic E-state index is -2.00. The second-order valence-corrected chi connectivity index (χ2v) is 11.7. The Morgan fingerprint density at radius 3 is 2.70 bits per heavy atom. The molecule has 180 valence electrons. The summed E-state index contributed by atoms with van der Waals surface area (Å²) in [6.07, 6.45) is 4.54. The van der Waals surface area contributed by atoms with Crippen LogP contribution in [0.1, 0.15) is 52.9 Å². The van der Waals surface area contributed by atoms with Crippen molar-refractivity contribution in [2.45, 2.75) is 70.2 Å². The van der Waals surface area contributed by atoms with Gasteiger partial charge in [-0.1, -0.05) is 43.8 Å². The number of halogens is 2. The number of thioether (sulfide) groups is 1. The van der Waals surface area contributed by atoms with E-state index >= 15 is 4.39 Å². The van der Waals surface area contributed by atoms with Crippen LogP contribution in [-0.4, -0.2) is 44.6 Å². The first-order valence-electron chi connectivity index (χ1n) is 11.4. The van der Waals surface area contributed by atoms with Gasteiger partial charge in [0.05, 0.1) is 5.21 Å². The molecular formula is C25H30ClFO5S. The topological polar surface area (TPSA) is 80.7 Å². The maximum Gasteiger partial charge on any atom is 0.305 e. The number of ether oxygens (including phenoxy) is 1. The van der Waals surface area contributed by atoms with E-state index in [0.29, 0.717) is 30.4 Å². The van der Waals surface area contributed by atoms with Crippen LogP contribution in [0.25, 0.3) is 0 Å². The molecule has 5 nitrogen and oxygen atoms in total. The highest BCUT2D eigenvalue weighted by Gasteiger charge is 2.76. The molecule has 33 heavy (non-hydrogen) atoms. The van der Waals surface area contributed by atoms with Gasteiger partial charge in [-0.25, -0.2) is 4.39 Å². The van der Waals surface area contributed by atoms with Crippen molar-refractivity contribution in [3.8, 4) is 0 Å². The van der Waals surface area contributed by atoms with E-state index in [1.165, 1.54) is 12.2 Å². The molecule has 0 radical (unpaired) electrons. The van der Waals surface area contributed by atoms with Gasteiger partial charge in [0.25, 0.3) is 0 Å². The first-order chi connectivity index (χ1) is 15.4. The molecule has 0 amide bonds. The van der Waals surface area contributed by atoms with E-state index in [9.17, 15) is 19.5 Å². The van der Waals surface area contributed by atoms with Crippen LogP contribution in [0.2, 0.25) is 0 Å². The van der Waals surface area contributed by atoms with E-state index in [1.54, 1.807) is 26.8 Å². The van der Waals surface area contributed by atoms with Gasteiger partial charge in [0.2, 0.25) is 5.12 Å². The van der Waals surface area contributed by atoms with Crippen LogP contribution in [-0.2, 0) is 19.1 Å². The highest BCUT2D eigenvalue weighted by molar-refractivity contribution is 8.14. The van der Waals surface area contributed by atoms with Crippen LogP contribution in [0.4, 0.5) is 4.39 Å². The number of alkyl halides is 2. The summed E-state index contributed by atoms with van der Waals surface area (Å²) in [6.45, 7) is 9.20. The molecule has 4 aliphatic carbocycles. The second-order valence-electron chi connectivity index (χ2n) is 10.1. The number of ketones is 1. The Morgan fingerprint density at radius 2 is 2.06 bits per heavy atom. The third-order valence-corrected chi connectivity index (χ3v) is 9.85. The number of fused-ring (bicyclic) bond motifs is 5. The zero-order chi connectivity index (χ0) is 24.4. The minimum Gasteiger partial charge on any atom is -0.459 e. The van der Waals surface area contributed by atoms with Crippen molar-refractivity contribution in [3.05, 3.63) is 36.0 Å². The third-order valence-electron chi connectivity index (χ3n) is 8.85. The fourth-order valence-corrected chi connectivity index (χ4v) is 8.02. The van der Waals surface area contributed by atoms with E-state index in [0.717, 1.165) is 11.8 Å². The van der Waals surface area contributed by atoms with Crippen LogP contribution in [0, 0.1) is 22.7 Å². The number of aliphatic hydroxyl groups is 1. The Balaban J connectivity index is 1.88. The Labute approximate surface area is 202 Å². The highest BCUT2D eigenvalue weighted by Crippen LogP contribution is 2.71. The molecule has 0 aliphatic heterocycles. The van der Waals surface area contributed by atoms with Gasteiger partial charge in [-0.15, -0.1) is 11.6 Å². The number of allylic oxidation sites excluding steroid dienone is 4. The molecule has 4 aliphatic rings. The fourth-order valence-electron chi connectivity index (χ4n) is 7.04. The number of rotatable bonds is 4. The van der Waals surface area contributed by atoms with E-state index in [1.807, 2.05) is 0 Å². The zero-order valence-electron chi connectivity index (χ0n) is 19.2. The summed E-state index contributed by atoms with van der Waals surface area (Å²) in [6, 6.07) is 0. The van der Waals surface area contributed by atoms with Gasteiger partial charge in [-0.05, 0) is 56.3 Å². The summed E-state index contributed by atoms with van der Waals surface area (Å²) in [4.78, 5) is 37.6. The van der Waals surface area contributed by atoms with E-state index < -0.39 is 45.2 Å². The van der Waals surface area contributed by atoms with Crippen molar-refractivity contribution < 1.29 is 28.6 Å². The molecule has 7 atom stereocenters. The molecule has 0 unspecified atom stereocenters. The number of carbonyl (C=O) groups is 3. The van der Waals surface area contributed by atoms with Crippen molar-refractivity contribution in [2.75, 3.05) is 5.21 Å². The molecule has 0 aromatic heterocycles. The summed E-state index contributed by atoms with van der Waals surface area (Å²) in [5, 5.41) is 11.2. The quantitative estimate of drug-likeness (QED) is 0.346. The van der Waals surface area contributed by atoms with Gasteiger partial charge in [0.15, 0.2) is 17.1 Å². The molecule has 0 aromatic carbocycles. The summed E-state index contributed by atoms with van der Waals surface area (Å²) in [7, 11) is 0. The fraction of sp³-hybridized carbons (Fsp3) is 0.640. The summed E-state index contributed by atoms with van der Waals surface area (Å²) in [5.41, 5.74) is -5.08. The molecule has 0 bridgehead atoms. The maximum atomic E-state index is 17.7. The van der Waals surface area contributed by atoms with Gasteiger partial charge in [0, 0.05) is 23.2 Å². The van der Waals surface area contributed by atoms with Gasteiger partial charge in [0.1, 0.15) is 6.10 Å². The minimum absolute atomic E-state index is 0.0229. The zero-order valence-corrected chi connectivity index (χ0v) is 20.7. The molecule has 3 saturated carbocycles. The van der Waals surface area contributed by atoms with Crippen LogP contribution in [0.15, 0.2) is 36.0 Å². The first kappa shape index (κ1) is 24.7. The predicted molar refractivity (Wildman–Crippen MR) is 125 cm³/mol. The summed E-state index contributed by atoms with van der Waals surface area (Å²) < 4.78 is 23.4. The van der Waals surface area contributed by atoms with Gasteiger partial charge < -0.3 is 9.84 Å². The average molecular weight is 497 g/mol. The molecule has 1 N–H and O–H groups in total. The SMILES string of the molecule is C=C1C[C@H]2[C@@H]3CCC4=CC(=O)C=C[C@]4(C)[C@@]3(F)[C@@H](OC(=O)CC)C[C@]2(C)[C@@]1(O)C(=O)SCCl. The number of hydrogen-bond acceptors (Lipinski definition) is 6. The average Bonchev–Trinajstić information content (AvgIpc) is 2.97. The Morgan fingerprint density at radius 1 is 1.36 bits per heavy atom. The molecule has 4 rings (SSSR count). The number of carbonyl (C=O) groups excluding carboxylic acids is 3. The van der Waals surface area contributed by atoms with Crippen LogP contribution in [0.5, 0.6) is 0 Å². The molecule has 0 heterocycles. The van der Waals surface area contributed by atoms with Crippen molar-refractivity contribution in [1.82, 2.24) is 0 Å². The van der Waals surface area contributed by atoms with Gasteiger partial charge in [-0.2, -0.15) is 0 Å². The predicted octanol–water partition coefficient (Wildman–Crippen LogP) is 4.67. The standard InChI is InChI=1S/C25H30ClFO5S/c1-5-20(29)32-19-12-23(4)18(10-14(2)25(23,31)21(30)33-13-26)17-7-6-15-11-16(28)8-9-22(15,3)24(17,19)27/h8-9,11,17-19,31H,2,5-7,10,12-13H2,1,3-4H3/t17-,18-,19-,22-,23-,24-,25-/m0/s1. The lowest BCUT2D eigenvalue weighted by Gasteiger charge is -2.62. The molecule has 3 fully saturated rings. The normalized spacial score (nSPS) is 43.9. The Hall–Kier alpha value is -1.44. The van der Waals surface area contributed by atoms with Gasteiger partial charge in [-0.3, -0.25) is 14.4 Å². The number of esters is 1. The Bertz CT molecular complexity index is 993. The molecule has 0 aromatic rings. The first-order valence-corrected chi connectivity index (χ1v) is 12.9. The summed E-state index contributed by atoms with van der Waals surface area (Å²) >= 11 is 6.60. The van der Waals surface area contributed by atoms with Crippen LogP contribution < -0.4 is 0 Å². The molecule has 0 spiro atoms. The second kappa shape index (κ2) is 8.06. The molecule has 0 saturated heterocycles. The van der Waals surface area contributed by atoms with E-state index in [4.69, 9.17) is 16.3 Å². The lowest BCUT2D eigenvalue weighted by Crippen LogP contribution is -2.69. The van der Waals surface area contributed by atoms with E-state index in [-0.39, 0.29) is 29.8 Å². The molecular weight excluding hydrogens is 467 g/mol. The third kappa shape index (κ3) is 3.11. The lowest BCUT2D eigenvalue weighted by molar-refractivity contribution is -0.225. The van der Waals surface area contributed by atoms with Gasteiger partial charge >= 0.3 is 5.97 Å². The van der Waals surface area contributed by atoms with E-state index in [2.05, 4.69) is 6.58 Å². The summed E-state index contributed by atoms with van der Waals surface area (Å²) in [5.74, 6) is -1.72. The molecule has 8 heteroatoms. The van der Waals surface area contributed by atoms with Crippen LogP contribution in [0.3, 0.4) is 0 Å². The van der Waals surface area contributed by atoms with Crippen molar-refractivity contribution >= 4 is 40.2 Å². The largest absolute Gasteiger partial charge is 0.459 e. The van der Waals surface area contributed by atoms with Crippen molar-refractivity contribution in [2.24, 2.45) is 22.7 Å². The Kier molecular flexibility index (Phi) is 6.03. The monoisotopic (exact) mass is 496 g/mol.